The van der Waals surface area contributed by atoms with Gasteiger partial charge in [-0.15, -0.1) is 0 Å². The first-order valence-electron chi connectivity index (χ1n) is 12.9. The van der Waals surface area contributed by atoms with Crippen LogP contribution >= 0.6 is 11.3 Å². The highest BCUT2D eigenvalue weighted by Crippen LogP contribution is 2.34. The van der Waals surface area contributed by atoms with Crippen LogP contribution in [0.15, 0.2) is 40.9 Å². The number of morpholine rings is 1. The summed E-state index contributed by atoms with van der Waals surface area (Å²) >= 11 is 1.62. The van der Waals surface area contributed by atoms with Crippen molar-refractivity contribution in [2.45, 2.75) is 38.5 Å². The van der Waals surface area contributed by atoms with Crippen LogP contribution < -0.4 is 4.90 Å². The predicted molar refractivity (Wildman–Crippen MR) is 142 cm³/mol. The van der Waals surface area contributed by atoms with Gasteiger partial charge in [0.05, 0.1) is 18.9 Å². The zero-order chi connectivity index (χ0) is 25.4. The first-order valence-corrected chi connectivity index (χ1v) is 13.7. The molecule has 0 aliphatic carbocycles. The van der Waals surface area contributed by atoms with Gasteiger partial charge in [0.15, 0.2) is 11.0 Å². The van der Waals surface area contributed by atoms with Crippen molar-refractivity contribution in [1.29, 1.82) is 0 Å². The Bertz CT molecular complexity index is 1380. The second-order valence-corrected chi connectivity index (χ2v) is 10.9. The summed E-state index contributed by atoms with van der Waals surface area (Å²) in [5.74, 6) is 2.16. The summed E-state index contributed by atoms with van der Waals surface area (Å²) in [5, 5.41) is 5.12. The smallest absolute Gasteiger partial charge is 0.254 e. The first kappa shape index (κ1) is 24.0. The molecule has 192 valence electrons. The third-order valence-electron chi connectivity index (χ3n) is 7.06. The molecule has 10 heteroatoms. The molecule has 4 aromatic rings. The van der Waals surface area contributed by atoms with Gasteiger partial charge in [0.2, 0.25) is 5.89 Å². The summed E-state index contributed by atoms with van der Waals surface area (Å²) in [7, 11) is 0. The van der Waals surface area contributed by atoms with Crippen LogP contribution in [0.5, 0.6) is 0 Å². The number of nitrogens with zero attached hydrogens (tertiary/aromatic N) is 6. The molecule has 9 nitrogen and oxygen atoms in total. The number of rotatable bonds is 5. The van der Waals surface area contributed by atoms with Crippen molar-refractivity contribution >= 4 is 32.7 Å². The van der Waals surface area contributed by atoms with Crippen LogP contribution in [0.25, 0.3) is 21.6 Å². The lowest BCUT2D eigenvalue weighted by Crippen LogP contribution is -2.40. The summed E-state index contributed by atoms with van der Waals surface area (Å²) in [6, 6.07) is 11.7. The molecule has 1 aromatic carbocycles. The standard InChI is InChI=1S/C27H30N6O3S/c1-17(2)23-30-24(36-31-23)19-9-11-33(12-10-19)27-29-22-8-7-21(28-25(22)37-27)18-3-5-20(6-4-18)26(34)32-13-15-35-16-14-32/h3-8,17,19H,9-16H2,1-2H3. The molecule has 2 fully saturated rings. The van der Waals surface area contributed by atoms with Crippen molar-refractivity contribution in [2.24, 2.45) is 0 Å². The van der Waals surface area contributed by atoms with Gasteiger partial charge >= 0.3 is 0 Å². The van der Waals surface area contributed by atoms with Crippen molar-refractivity contribution in [2.75, 3.05) is 44.3 Å². The highest BCUT2D eigenvalue weighted by atomic mass is 32.1. The Balaban J connectivity index is 1.13. The molecule has 0 radical (unpaired) electrons. The number of hydrogen-bond donors (Lipinski definition) is 0. The van der Waals surface area contributed by atoms with Crippen molar-refractivity contribution in [3.05, 3.63) is 53.7 Å². The van der Waals surface area contributed by atoms with Crippen LogP contribution in [0.2, 0.25) is 0 Å². The zero-order valence-electron chi connectivity index (χ0n) is 21.1. The number of carbonyl (C=O) groups excluding carboxylic acids is 1. The minimum absolute atomic E-state index is 0.0496. The van der Waals surface area contributed by atoms with E-state index in [-0.39, 0.29) is 11.8 Å². The van der Waals surface area contributed by atoms with Crippen LogP contribution in [0, 0.1) is 0 Å². The van der Waals surface area contributed by atoms with E-state index < -0.39 is 0 Å². The van der Waals surface area contributed by atoms with E-state index in [2.05, 4.69) is 28.9 Å². The van der Waals surface area contributed by atoms with Crippen molar-refractivity contribution < 1.29 is 14.1 Å². The second kappa shape index (κ2) is 10.2. The fourth-order valence-electron chi connectivity index (χ4n) is 4.80. The zero-order valence-corrected chi connectivity index (χ0v) is 21.9. The maximum Gasteiger partial charge on any atom is 0.254 e. The van der Waals surface area contributed by atoms with Gasteiger partial charge in [-0.2, -0.15) is 4.98 Å². The number of carbonyl (C=O) groups is 1. The maximum atomic E-state index is 12.7. The molecule has 3 aromatic heterocycles. The van der Waals surface area contributed by atoms with Crippen molar-refractivity contribution in [1.82, 2.24) is 25.0 Å². The molecule has 0 saturated carbocycles. The van der Waals surface area contributed by atoms with E-state index in [1.165, 1.54) is 0 Å². The molecule has 2 aliphatic rings. The number of pyridine rings is 1. The molecular weight excluding hydrogens is 488 g/mol. The summed E-state index contributed by atoms with van der Waals surface area (Å²) < 4.78 is 10.9. The van der Waals surface area contributed by atoms with E-state index in [1.807, 2.05) is 41.3 Å². The van der Waals surface area contributed by atoms with E-state index in [9.17, 15) is 4.79 Å². The Morgan fingerprint density at radius 3 is 2.43 bits per heavy atom. The average Bonchev–Trinajstić information content (AvgIpc) is 3.61. The molecule has 5 heterocycles. The van der Waals surface area contributed by atoms with Gasteiger partial charge in [-0.3, -0.25) is 4.79 Å². The van der Waals surface area contributed by atoms with Gasteiger partial charge in [0.1, 0.15) is 10.3 Å². The Morgan fingerprint density at radius 2 is 1.73 bits per heavy atom. The molecule has 0 N–H and O–H groups in total. The van der Waals surface area contributed by atoms with Gasteiger partial charge in [-0.1, -0.05) is 42.5 Å². The van der Waals surface area contributed by atoms with Gasteiger partial charge in [0.25, 0.3) is 5.91 Å². The number of piperidine rings is 1. The third-order valence-corrected chi connectivity index (χ3v) is 8.08. The molecule has 0 unspecified atom stereocenters. The van der Waals surface area contributed by atoms with E-state index >= 15 is 0 Å². The number of ether oxygens (including phenoxy) is 1. The van der Waals surface area contributed by atoms with Crippen LogP contribution in [0.3, 0.4) is 0 Å². The molecule has 2 aliphatic heterocycles. The Kier molecular flexibility index (Phi) is 6.60. The largest absolute Gasteiger partial charge is 0.378 e. The number of fused-ring (bicyclic) bond motifs is 1. The van der Waals surface area contributed by atoms with E-state index in [0.29, 0.717) is 37.8 Å². The molecule has 1 amide bonds. The number of hydrogen-bond acceptors (Lipinski definition) is 9. The lowest BCUT2D eigenvalue weighted by molar-refractivity contribution is 0.0303. The first-order chi connectivity index (χ1) is 18.0. The number of anilines is 1. The summed E-state index contributed by atoms with van der Waals surface area (Å²) in [5.41, 5.74) is 3.46. The van der Waals surface area contributed by atoms with Gasteiger partial charge in [-0.25, -0.2) is 9.97 Å². The minimum atomic E-state index is 0.0496. The summed E-state index contributed by atoms with van der Waals surface area (Å²) in [6.07, 6.45) is 1.92. The minimum Gasteiger partial charge on any atom is -0.378 e. The third kappa shape index (κ3) is 4.95. The summed E-state index contributed by atoms with van der Waals surface area (Å²) in [6.45, 7) is 8.42. The number of amides is 1. The summed E-state index contributed by atoms with van der Waals surface area (Å²) in [4.78, 5) is 32.2. The average molecular weight is 519 g/mol. The van der Waals surface area contributed by atoms with Crippen LogP contribution in [0.1, 0.15) is 60.6 Å². The number of benzene rings is 1. The number of thiazole rings is 1. The Morgan fingerprint density at radius 1 is 0.973 bits per heavy atom. The van der Waals surface area contributed by atoms with Gasteiger partial charge in [-0.05, 0) is 37.1 Å². The molecular formula is C27H30N6O3S. The SMILES string of the molecule is CC(C)c1noc(C2CCN(c3nc4ccc(-c5ccc(C(=O)N6CCOCC6)cc5)nc4s3)CC2)n1. The van der Waals surface area contributed by atoms with Crippen LogP contribution in [-0.2, 0) is 4.74 Å². The monoisotopic (exact) mass is 518 g/mol. The molecule has 0 bridgehead atoms. The maximum absolute atomic E-state index is 12.7. The van der Waals surface area contributed by atoms with Crippen molar-refractivity contribution in [3.8, 4) is 11.3 Å². The van der Waals surface area contributed by atoms with E-state index in [4.69, 9.17) is 19.2 Å². The topological polar surface area (TPSA) is 97.5 Å². The predicted octanol–water partition coefficient (Wildman–Crippen LogP) is 4.72. The fraction of sp³-hybridized carbons (Fsp3) is 0.444. The Labute approximate surface area is 219 Å². The van der Waals surface area contributed by atoms with E-state index in [0.717, 1.165) is 64.4 Å². The lowest BCUT2D eigenvalue weighted by atomic mass is 9.97. The van der Waals surface area contributed by atoms with Crippen LogP contribution in [-0.4, -0.2) is 70.3 Å². The molecule has 37 heavy (non-hydrogen) atoms. The molecule has 0 spiro atoms. The van der Waals surface area contributed by atoms with Gasteiger partial charge in [0, 0.05) is 49.1 Å². The highest BCUT2D eigenvalue weighted by molar-refractivity contribution is 7.21. The highest BCUT2D eigenvalue weighted by Gasteiger charge is 2.27. The second-order valence-electron chi connectivity index (χ2n) is 9.91. The number of aromatic nitrogens is 4. The Hall–Kier alpha value is -3.37. The van der Waals surface area contributed by atoms with Crippen molar-refractivity contribution in [3.63, 3.8) is 0 Å². The fourth-order valence-corrected chi connectivity index (χ4v) is 5.79. The quantitative estimate of drug-likeness (QED) is 0.374. The lowest BCUT2D eigenvalue weighted by Gasteiger charge is -2.29. The normalized spacial score (nSPS) is 17.2. The molecule has 0 atom stereocenters. The van der Waals surface area contributed by atoms with Crippen LogP contribution in [0.4, 0.5) is 5.13 Å². The van der Waals surface area contributed by atoms with E-state index in [1.54, 1.807) is 11.3 Å². The molecule has 2 saturated heterocycles. The molecule has 6 rings (SSSR count). The van der Waals surface area contributed by atoms with Gasteiger partial charge < -0.3 is 19.1 Å².